The molecule has 0 atom stereocenters. The molecule has 0 saturated carbocycles. The number of hydrogen-bond acceptors (Lipinski definition) is 3. The predicted molar refractivity (Wildman–Crippen MR) is 119 cm³/mol. The van der Waals surface area contributed by atoms with Gasteiger partial charge in [0.15, 0.2) is 0 Å². The lowest BCUT2D eigenvalue weighted by Gasteiger charge is -2.37. The van der Waals surface area contributed by atoms with Crippen molar-refractivity contribution < 1.29 is 4.74 Å². The highest BCUT2D eigenvalue weighted by Gasteiger charge is 2.20. The molecule has 3 aromatic carbocycles. The van der Waals surface area contributed by atoms with Crippen LogP contribution < -0.4 is 9.64 Å². The zero-order chi connectivity index (χ0) is 19.2. The van der Waals surface area contributed by atoms with Gasteiger partial charge >= 0.3 is 0 Å². The summed E-state index contributed by atoms with van der Waals surface area (Å²) in [6.45, 7) is 4.39. The van der Waals surface area contributed by atoms with Gasteiger partial charge in [0.05, 0.1) is 0 Å². The molecule has 0 unspecified atom stereocenters. The van der Waals surface area contributed by atoms with Crippen LogP contribution in [0.25, 0.3) is 0 Å². The highest BCUT2D eigenvalue weighted by molar-refractivity contribution is 7.80. The van der Waals surface area contributed by atoms with Crippen molar-refractivity contribution in [1.82, 2.24) is 4.90 Å². The fourth-order valence-electron chi connectivity index (χ4n) is 3.45. The van der Waals surface area contributed by atoms with Gasteiger partial charge in [-0.2, -0.15) is 0 Å². The zero-order valence-electron chi connectivity index (χ0n) is 15.8. The number of hydrogen-bond donors (Lipinski definition) is 0. The maximum Gasteiger partial charge on any atom is 0.120 e. The molecule has 1 heterocycles. The molecule has 142 valence electrons. The lowest BCUT2D eigenvalue weighted by Crippen LogP contribution is -2.48. The van der Waals surface area contributed by atoms with Crippen molar-refractivity contribution in [1.29, 1.82) is 0 Å². The van der Waals surface area contributed by atoms with Crippen LogP contribution >= 0.6 is 12.2 Å². The van der Waals surface area contributed by atoms with Crippen LogP contribution in [-0.4, -0.2) is 36.1 Å². The molecule has 0 radical (unpaired) electrons. The van der Waals surface area contributed by atoms with Crippen LogP contribution in [-0.2, 0) is 6.61 Å². The minimum absolute atomic E-state index is 0.562. The van der Waals surface area contributed by atoms with Gasteiger partial charge in [0.1, 0.15) is 17.3 Å². The van der Waals surface area contributed by atoms with Crippen LogP contribution in [0.2, 0.25) is 0 Å². The van der Waals surface area contributed by atoms with Gasteiger partial charge in [-0.1, -0.05) is 72.9 Å². The fourth-order valence-corrected chi connectivity index (χ4v) is 3.76. The number of anilines is 1. The first kappa shape index (κ1) is 18.5. The van der Waals surface area contributed by atoms with Crippen LogP contribution in [0.3, 0.4) is 0 Å². The summed E-state index contributed by atoms with van der Waals surface area (Å²) in [6.07, 6.45) is 0. The predicted octanol–water partition coefficient (Wildman–Crippen LogP) is 4.76. The van der Waals surface area contributed by atoms with E-state index in [9.17, 15) is 0 Å². The number of piperazine rings is 1. The summed E-state index contributed by atoms with van der Waals surface area (Å²) in [5.74, 6) is 0.853. The van der Waals surface area contributed by atoms with E-state index in [2.05, 4.69) is 64.4 Å². The van der Waals surface area contributed by atoms with Crippen LogP contribution in [0, 0.1) is 0 Å². The number of nitrogens with zero attached hydrogens (tertiary/aromatic N) is 2. The second kappa shape index (κ2) is 8.89. The van der Waals surface area contributed by atoms with E-state index in [4.69, 9.17) is 17.0 Å². The van der Waals surface area contributed by atoms with Crippen LogP contribution in [0.4, 0.5) is 5.69 Å². The van der Waals surface area contributed by atoms with Crippen molar-refractivity contribution in [2.75, 3.05) is 31.1 Å². The van der Waals surface area contributed by atoms with E-state index in [-0.39, 0.29) is 0 Å². The Morgan fingerprint density at radius 3 is 2.18 bits per heavy atom. The summed E-state index contributed by atoms with van der Waals surface area (Å²) in [5.41, 5.74) is 3.49. The third-order valence-electron chi connectivity index (χ3n) is 5.02. The van der Waals surface area contributed by atoms with Crippen molar-refractivity contribution >= 4 is 22.9 Å². The fraction of sp³-hybridized carbons (Fsp3) is 0.208. The van der Waals surface area contributed by atoms with Gasteiger partial charge in [0.25, 0.3) is 0 Å². The molecule has 4 rings (SSSR count). The zero-order valence-corrected chi connectivity index (χ0v) is 16.6. The van der Waals surface area contributed by atoms with Crippen molar-refractivity contribution in [2.45, 2.75) is 6.61 Å². The Morgan fingerprint density at radius 2 is 1.46 bits per heavy atom. The summed E-state index contributed by atoms with van der Waals surface area (Å²) in [5, 5.41) is 0. The smallest absolute Gasteiger partial charge is 0.120 e. The Kier molecular flexibility index (Phi) is 5.88. The van der Waals surface area contributed by atoms with Crippen molar-refractivity contribution in [3.05, 3.63) is 96.1 Å². The van der Waals surface area contributed by atoms with Gasteiger partial charge in [0, 0.05) is 37.4 Å². The summed E-state index contributed by atoms with van der Waals surface area (Å²) in [7, 11) is 0. The maximum atomic E-state index is 5.96. The summed E-state index contributed by atoms with van der Waals surface area (Å²) >= 11 is 5.78. The molecule has 28 heavy (non-hydrogen) atoms. The molecule has 0 aliphatic carbocycles. The first-order valence-electron chi connectivity index (χ1n) is 9.66. The SMILES string of the molecule is S=C(c1cccc(OCc2ccccc2)c1)N1CCN(c2ccccc2)CC1. The van der Waals surface area contributed by atoms with E-state index in [1.807, 2.05) is 30.3 Å². The lowest BCUT2D eigenvalue weighted by molar-refractivity contribution is 0.306. The Labute approximate surface area is 172 Å². The van der Waals surface area contributed by atoms with Crippen molar-refractivity contribution in [2.24, 2.45) is 0 Å². The average molecular weight is 389 g/mol. The molecule has 0 bridgehead atoms. The molecule has 3 nitrogen and oxygen atoms in total. The average Bonchev–Trinajstić information content (AvgIpc) is 2.79. The molecule has 0 aromatic heterocycles. The van der Waals surface area contributed by atoms with Gasteiger partial charge < -0.3 is 14.5 Å². The molecule has 0 amide bonds. The topological polar surface area (TPSA) is 15.7 Å². The quantitative estimate of drug-likeness (QED) is 0.585. The minimum atomic E-state index is 0.562. The molecular weight excluding hydrogens is 364 g/mol. The molecule has 0 spiro atoms. The van der Waals surface area contributed by atoms with E-state index in [1.165, 1.54) is 5.69 Å². The number of rotatable bonds is 5. The van der Waals surface area contributed by atoms with Crippen molar-refractivity contribution in [3.63, 3.8) is 0 Å². The number of para-hydroxylation sites is 1. The first-order valence-corrected chi connectivity index (χ1v) is 10.1. The molecular formula is C24H24N2OS. The molecule has 1 aliphatic rings. The normalized spacial score (nSPS) is 14.0. The van der Waals surface area contributed by atoms with E-state index < -0.39 is 0 Å². The number of benzene rings is 3. The van der Waals surface area contributed by atoms with Crippen LogP contribution in [0.5, 0.6) is 5.75 Å². The molecule has 1 saturated heterocycles. The highest BCUT2D eigenvalue weighted by Crippen LogP contribution is 2.20. The third-order valence-corrected chi connectivity index (χ3v) is 5.51. The van der Waals surface area contributed by atoms with Gasteiger partial charge in [-0.15, -0.1) is 0 Å². The summed E-state index contributed by atoms with van der Waals surface area (Å²) in [4.78, 5) is 5.61. The van der Waals surface area contributed by atoms with E-state index in [0.29, 0.717) is 6.61 Å². The minimum Gasteiger partial charge on any atom is -0.489 e. The number of ether oxygens (including phenoxy) is 1. The molecule has 0 N–H and O–H groups in total. The third kappa shape index (κ3) is 4.52. The molecule has 1 aliphatic heterocycles. The van der Waals surface area contributed by atoms with E-state index >= 15 is 0 Å². The second-order valence-electron chi connectivity index (χ2n) is 6.92. The number of thiocarbonyl (C=S) groups is 1. The van der Waals surface area contributed by atoms with Crippen LogP contribution in [0.1, 0.15) is 11.1 Å². The Balaban J connectivity index is 1.36. The summed E-state index contributed by atoms with van der Waals surface area (Å²) in [6, 6.07) is 28.9. The monoisotopic (exact) mass is 388 g/mol. The van der Waals surface area contributed by atoms with Gasteiger partial charge in [-0.3, -0.25) is 0 Å². The maximum absolute atomic E-state index is 5.96. The van der Waals surface area contributed by atoms with E-state index in [1.54, 1.807) is 0 Å². The van der Waals surface area contributed by atoms with Gasteiger partial charge in [-0.25, -0.2) is 0 Å². The van der Waals surface area contributed by atoms with Crippen LogP contribution in [0.15, 0.2) is 84.9 Å². The summed E-state index contributed by atoms with van der Waals surface area (Å²) < 4.78 is 5.96. The first-order chi connectivity index (χ1) is 13.8. The van der Waals surface area contributed by atoms with Gasteiger partial charge in [0.2, 0.25) is 0 Å². The van der Waals surface area contributed by atoms with Gasteiger partial charge in [-0.05, 0) is 29.8 Å². The molecule has 1 fully saturated rings. The lowest BCUT2D eigenvalue weighted by atomic mass is 10.1. The molecule has 3 aromatic rings. The molecule has 4 heteroatoms. The van der Waals surface area contributed by atoms with E-state index in [0.717, 1.165) is 48.0 Å². The second-order valence-corrected chi connectivity index (χ2v) is 7.30. The largest absolute Gasteiger partial charge is 0.489 e. The Hall–Kier alpha value is -2.85. The standard InChI is InChI=1S/C24H24N2OS/c28-24(26-16-14-25(15-17-26)22-11-5-2-6-12-22)21-10-7-13-23(18-21)27-19-20-8-3-1-4-9-20/h1-13,18H,14-17,19H2. The Morgan fingerprint density at radius 1 is 0.786 bits per heavy atom. The van der Waals surface area contributed by atoms with Crippen molar-refractivity contribution in [3.8, 4) is 5.75 Å². The Bertz CT molecular complexity index is 906. The highest BCUT2D eigenvalue weighted by atomic mass is 32.1.